The summed E-state index contributed by atoms with van der Waals surface area (Å²) in [6, 6.07) is 21.5. The number of rotatable bonds is 2. The van der Waals surface area contributed by atoms with Crippen molar-refractivity contribution in [1.29, 1.82) is 0 Å². The van der Waals surface area contributed by atoms with Crippen molar-refractivity contribution >= 4 is 34.3 Å². The molecule has 0 aliphatic carbocycles. The highest BCUT2D eigenvalue weighted by Crippen LogP contribution is 2.42. The number of alkyl halides is 3. The normalized spacial score (nSPS) is 15.0. The van der Waals surface area contributed by atoms with E-state index in [9.17, 15) is 18.0 Å². The summed E-state index contributed by atoms with van der Waals surface area (Å²) in [5.41, 5.74) is 1.95. The molecule has 0 unspecified atom stereocenters. The van der Waals surface area contributed by atoms with E-state index in [-0.39, 0.29) is 17.0 Å². The van der Waals surface area contributed by atoms with Crippen LogP contribution in [0.3, 0.4) is 0 Å². The Kier molecular flexibility index (Phi) is 4.36. The second kappa shape index (κ2) is 7.09. The van der Waals surface area contributed by atoms with Gasteiger partial charge < -0.3 is 0 Å². The number of hydrogen-bond donors (Lipinski definition) is 0. The van der Waals surface area contributed by atoms with Gasteiger partial charge in [0.2, 0.25) is 0 Å². The van der Waals surface area contributed by atoms with Gasteiger partial charge in [-0.1, -0.05) is 48.5 Å². The van der Waals surface area contributed by atoms with E-state index >= 15 is 0 Å². The number of amides is 1. The Morgan fingerprint density at radius 1 is 0.839 bits per heavy atom. The lowest BCUT2D eigenvalue weighted by Gasteiger charge is -2.20. The fourth-order valence-corrected chi connectivity index (χ4v) is 3.83. The molecule has 152 valence electrons. The number of anilines is 1. The number of carbonyl (C=O) groups excluding carboxylic acids is 1. The van der Waals surface area contributed by atoms with Gasteiger partial charge in [0.25, 0.3) is 5.91 Å². The Morgan fingerprint density at radius 3 is 2.39 bits per heavy atom. The van der Waals surface area contributed by atoms with Crippen LogP contribution in [0, 0.1) is 0 Å². The van der Waals surface area contributed by atoms with Crippen molar-refractivity contribution < 1.29 is 18.0 Å². The van der Waals surface area contributed by atoms with Crippen molar-refractivity contribution in [3.05, 3.63) is 107 Å². The van der Waals surface area contributed by atoms with Crippen LogP contribution in [0.25, 0.3) is 22.7 Å². The molecule has 6 heteroatoms. The van der Waals surface area contributed by atoms with Gasteiger partial charge in [-0.3, -0.25) is 14.7 Å². The molecule has 2 heterocycles. The van der Waals surface area contributed by atoms with Crippen LogP contribution in [0.5, 0.6) is 0 Å². The Bertz CT molecular complexity index is 1340. The fourth-order valence-electron chi connectivity index (χ4n) is 3.83. The molecule has 31 heavy (non-hydrogen) atoms. The molecule has 5 rings (SSSR count). The van der Waals surface area contributed by atoms with Crippen LogP contribution in [0.4, 0.5) is 18.9 Å². The number of aromatic nitrogens is 1. The summed E-state index contributed by atoms with van der Waals surface area (Å²) < 4.78 is 40.2. The Balaban J connectivity index is 1.77. The van der Waals surface area contributed by atoms with Crippen LogP contribution in [0.15, 0.2) is 85.1 Å². The van der Waals surface area contributed by atoms with Crippen molar-refractivity contribution in [3.63, 3.8) is 0 Å². The predicted octanol–water partition coefficient (Wildman–Crippen LogP) is 6.41. The van der Waals surface area contributed by atoms with Gasteiger partial charge in [0.15, 0.2) is 0 Å². The van der Waals surface area contributed by atoms with E-state index in [0.717, 1.165) is 23.1 Å². The third kappa shape index (κ3) is 3.26. The number of para-hydroxylation sites is 1. The Labute approximate surface area is 176 Å². The molecule has 1 aromatic heterocycles. The standard InChI is InChI=1S/C25H15F3N2O/c26-25(27,28)18-11-12-19-20(15-18)22(14-16-6-2-1-3-7-16)30(24(19)31)21-10-4-8-17-9-5-13-29-23(17)21/h1-15H/b22-14+. The number of pyridine rings is 1. The highest BCUT2D eigenvalue weighted by Gasteiger charge is 2.38. The Morgan fingerprint density at radius 2 is 1.61 bits per heavy atom. The van der Waals surface area contributed by atoms with Gasteiger partial charge in [0.05, 0.1) is 22.5 Å². The van der Waals surface area contributed by atoms with Crippen molar-refractivity contribution in [2.24, 2.45) is 0 Å². The lowest BCUT2D eigenvalue weighted by molar-refractivity contribution is -0.137. The highest BCUT2D eigenvalue weighted by molar-refractivity contribution is 6.26. The van der Waals surface area contributed by atoms with Gasteiger partial charge in [0.1, 0.15) is 0 Å². The molecule has 0 bridgehead atoms. The van der Waals surface area contributed by atoms with Gasteiger partial charge in [-0.15, -0.1) is 0 Å². The number of nitrogens with zero attached hydrogens (tertiary/aromatic N) is 2. The minimum absolute atomic E-state index is 0.225. The summed E-state index contributed by atoms with van der Waals surface area (Å²) in [6.07, 6.45) is -1.15. The number of benzene rings is 3. The Hall–Kier alpha value is -3.93. The molecule has 0 atom stereocenters. The predicted molar refractivity (Wildman–Crippen MR) is 114 cm³/mol. The van der Waals surface area contributed by atoms with Crippen LogP contribution in [-0.4, -0.2) is 10.9 Å². The first-order valence-corrected chi connectivity index (χ1v) is 9.60. The first-order valence-electron chi connectivity index (χ1n) is 9.60. The molecule has 3 aromatic carbocycles. The number of carbonyl (C=O) groups is 1. The van der Waals surface area contributed by atoms with Gasteiger partial charge in [0, 0.05) is 22.7 Å². The van der Waals surface area contributed by atoms with E-state index in [1.165, 1.54) is 11.0 Å². The third-order valence-corrected chi connectivity index (χ3v) is 5.25. The first kappa shape index (κ1) is 19.1. The summed E-state index contributed by atoms with van der Waals surface area (Å²) in [5, 5.41) is 0.832. The minimum Gasteiger partial charge on any atom is -0.274 e. The summed E-state index contributed by atoms with van der Waals surface area (Å²) in [7, 11) is 0. The van der Waals surface area contributed by atoms with E-state index < -0.39 is 11.7 Å². The van der Waals surface area contributed by atoms with Gasteiger partial charge in [-0.2, -0.15) is 13.2 Å². The maximum atomic E-state index is 13.4. The minimum atomic E-state index is -4.51. The van der Waals surface area contributed by atoms with E-state index in [2.05, 4.69) is 4.98 Å². The molecule has 1 aliphatic rings. The van der Waals surface area contributed by atoms with E-state index in [0.29, 0.717) is 16.9 Å². The highest BCUT2D eigenvalue weighted by atomic mass is 19.4. The summed E-state index contributed by atoms with van der Waals surface area (Å²) in [6.45, 7) is 0. The molecule has 3 nitrogen and oxygen atoms in total. The van der Waals surface area contributed by atoms with Crippen LogP contribution < -0.4 is 4.90 Å². The fraction of sp³-hybridized carbons (Fsp3) is 0.0400. The van der Waals surface area contributed by atoms with Crippen molar-refractivity contribution in [1.82, 2.24) is 4.98 Å². The average molecular weight is 416 g/mol. The monoisotopic (exact) mass is 416 g/mol. The van der Waals surface area contributed by atoms with Crippen molar-refractivity contribution in [2.45, 2.75) is 6.18 Å². The number of hydrogen-bond acceptors (Lipinski definition) is 2. The van der Waals surface area contributed by atoms with Gasteiger partial charge >= 0.3 is 6.18 Å². The van der Waals surface area contributed by atoms with Crippen molar-refractivity contribution in [3.8, 4) is 0 Å². The summed E-state index contributed by atoms with van der Waals surface area (Å²) in [5.74, 6) is -0.385. The molecule has 0 spiro atoms. The van der Waals surface area contributed by atoms with E-state index in [1.807, 2.05) is 42.5 Å². The number of fused-ring (bicyclic) bond motifs is 2. The lowest BCUT2D eigenvalue weighted by atomic mass is 10.0. The molecule has 0 N–H and O–H groups in total. The molecule has 0 fully saturated rings. The molecule has 1 amide bonds. The zero-order valence-corrected chi connectivity index (χ0v) is 16.1. The zero-order chi connectivity index (χ0) is 21.6. The third-order valence-electron chi connectivity index (χ3n) is 5.25. The zero-order valence-electron chi connectivity index (χ0n) is 16.1. The van der Waals surface area contributed by atoms with E-state index in [4.69, 9.17) is 0 Å². The summed E-state index contributed by atoms with van der Waals surface area (Å²) >= 11 is 0. The second-order valence-electron chi connectivity index (χ2n) is 7.19. The van der Waals surface area contributed by atoms with Crippen LogP contribution >= 0.6 is 0 Å². The van der Waals surface area contributed by atoms with Crippen LogP contribution in [-0.2, 0) is 6.18 Å². The number of halogens is 3. The largest absolute Gasteiger partial charge is 0.416 e. The maximum absolute atomic E-state index is 13.4. The van der Waals surface area contributed by atoms with Crippen LogP contribution in [0.1, 0.15) is 27.0 Å². The molecular weight excluding hydrogens is 401 g/mol. The van der Waals surface area contributed by atoms with Gasteiger partial charge in [-0.05, 0) is 42.0 Å². The second-order valence-corrected chi connectivity index (χ2v) is 7.19. The van der Waals surface area contributed by atoms with Crippen molar-refractivity contribution in [2.75, 3.05) is 4.90 Å². The molecule has 4 aromatic rings. The average Bonchev–Trinajstić information content (AvgIpc) is 3.04. The molecule has 0 saturated heterocycles. The lowest BCUT2D eigenvalue weighted by Crippen LogP contribution is -2.22. The van der Waals surface area contributed by atoms with E-state index in [1.54, 1.807) is 30.5 Å². The molecular formula is C25H15F3N2O. The maximum Gasteiger partial charge on any atom is 0.416 e. The topological polar surface area (TPSA) is 33.2 Å². The van der Waals surface area contributed by atoms with Crippen LogP contribution in [0.2, 0.25) is 0 Å². The smallest absolute Gasteiger partial charge is 0.274 e. The SMILES string of the molecule is O=C1c2ccc(C(F)(F)F)cc2/C(=C\c2ccccc2)N1c1cccc2cccnc12. The summed E-state index contributed by atoms with van der Waals surface area (Å²) in [4.78, 5) is 19.3. The first-order chi connectivity index (χ1) is 14.9. The molecule has 0 saturated carbocycles. The quantitative estimate of drug-likeness (QED) is 0.378. The molecule has 0 radical (unpaired) electrons. The molecule has 1 aliphatic heterocycles. The van der Waals surface area contributed by atoms with Gasteiger partial charge in [-0.25, -0.2) is 0 Å².